The molecule has 1 aliphatic rings. The van der Waals surface area contributed by atoms with Crippen LogP contribution < -0.4 is 0 Å². The van der Waals surface area contributed by atoms with Crippen LogP contribution >= 0.6 is 0 Å². The van der Waals surface area contributed by atoms with Crippen LogP contribution in [0.1, 0.15) is 13.8 Å². The van der Waals surface area contributed by atoms with Gasteiger partial charge in [0.15, 0.2) is 6.61 Å². The van der Waals surface area contributed by atoms with Gasteiger partial charge in [0.1, 0.15) is 0 Å². The van der Waals surface area contributed by atoms with Crippen molar-refractivity contribution < 1.29 is 14.7 Å². The van der Waals surface area contributed by atoms with Gasteiger partial charge in [0, 0.05) is 12.1 Å². The summed E-state index contributed by atoms with van der Waals surface area (Å²) in [6.45, 7) is 3.90. The minimum atomic E-state index is -0.789. The first-order valence-corrected chi connectivity index (χ1v) is 4.33. The third-order valence-electron chi connectivity index (χ3n) is 2.62. The highest BCUT2D eigenvalue weighted by Crippen LogP contribution is 2.57. The van der Waals surface area contributed by atoms with E-state index < -0.39 is 5.97 Å². The number of carboxylic acids is 1. The molecule has 1 saturated carbocycles. The Morgan fingerprint density at radius 2 is 2.43 bits per heavy atom. The van der Waals surface area contributed by atoms with Gasteiger partial charge in [-0.2, -0.15) is 0 Å². The molecule has 2 atom stereocenters. The molecule has 4 heteroatoms. The molecule has 76 valence electrons. The van der Waals surface area contributed by atoms with Crippen molar-refractivity contribution in [1.82, 2.24) is 0 Å². The van der Waals surface area contributed by atoms with Crippen LogP contribution in [0.4, 0.5) is 0 Å². The highest BCUT2D eigenvalue weighted by molar-refractivity contribution is 5.84. The largest absolute Gasteiger partial charge is 0.481 e. The molecule has 1 unspecified atom stereocenters. The number of rotatable bonds is 4. The van der Waals surface area contributed by atoms with Crippen molar-refractivity contribution in [3.8, 4) is 12.3 Å². The van der Waals surface area contributed by atoms with Gasteiger partial charge in [0.2, 0.25) is 0 Å². The van der Waals surface area contributed by atoms with Crippen molar-refractivity contribution in [2.24, 2.45) is 22.4 Å². The molecular weight excluding hydrogens is 182 g/mol. The van der Waals surface area contributed by atoms with Gasteiger partial charge in [-0.25, -0.2) is 0 Å². The Hall–Kier alpha value is -1.50. The summed E-state index contributed by atoms with van der Waals surface area (Å²) < 4.78 is 0. The molecule has 0 aromatic rings. The zero-order chi connectivity index (χ0) is 10.8. The molecule has 0 bridgehead atoms. The summed E-state index contributed by atoms with van der Waals surface area (Å²) in [5, 5.41) is 12.4. The first-order valence-electron chi connectivity index (χ1n) is 4.33. The van der Waals surface area contributed by atoms with Gasteiger partial charge in [-0.15, -0.1) is 6.42 Å². The smallest absolute Gasteiger partial charge is 0.307 e. The third kappa shape index (κ3) is 1.87. The lowest BCUT2D eigenvalue weighted by Crippen LogP contribution is -2.03. The molecule has 1 rings (SSSR count). The van der Waals surface area contributed by atoms with E-state index in [0.717, 1.165) is 0 Å². The SMILES string of the molecule is C#CCO/N=C/C1[C@@H](C(=O)O)C1(C)C. The molecule has 0 aromatic carbocycles. The second-order valence-corrected chi connectivity index (χ2v) is 3.90. The predicted molar refractivity (Wildman–Crippen MR) is 51.7 cm³/mol. The zero-order valence-electron chi connectivity index (χ0n) is 8.23. The second kappa shape index (κ2) is 3.70. The Kier molecular flexibility index (Phi) is 2.80. The standard InChI is InChI=1S/C10H13NO3/c1-4-5-14-11-6-7-8(9(12)13)10(7,2)3/h1,6-8H,5H2,2-3H3,(H,12,13)/b11-6+/t7?,8-/m0/s1. The van der Waals surface area contributed by atoms with E-state index in [1.165, 1.54) is 6.21 Å². The van der Waals surface area contributed by atoms with E-state index in [1.807, 2.05) is 13.8 Å². The van der Waals surface area contributed by atoms with E-state index in [-0.39, 0.29) is 23.9 Å². The molecule has 0 saturated heterocycles. The Morgan fingerprint density at radius 1 is 1.79 bits per heavy atom. The lowest BCUT2D eigenvalue weighted by Gasteiger charge is -1.96. The van der Waals surface area contributed by atoms with Crippen LogP contribution in [0, 0.1) is 29.6 Å². The molecule has 0 radical (unpaired) electrons. The van der Waals surface area contributed by atoms with Crippen molar-refractivity contribution in [1.29, 1.82) is 0 Å². The monoisotopic (exact) mass is 195 g/mol. The van der Waals surface area contributed by atoms with E-state index >= 15 is 0 Å². The van der Waals surface area contributed by atoms with Crippen molar-refractivity contribution in [3.05, 3.63) is 0 Å². The van der Waals surface area contributed by atoms with Gasteiger partial charge in [-0.3, -0.25) is 4.79 Å². The maximum Gasteiger partial charge on any atom is 0.307 e. The van der Waals surface area contributed by atoms with E-state index in [2.05, 4.69) is 11.1 Å². The number of nitrogens with zero attached hydrogens (tertiary/aromatic N) is 1. The van der Waals surface area contributed by atoms with E-state index in [4.69, 9.17) is 16.4 Å². The number of aliphatic carboxylic acids is 1. The molecule has 0 heterocycles. The van der Waals surface area contributed by atoms with Gasteiger partial charge in [0.25, 0.3) is 0 Å². The van der Waals surface area contributed by atoms with Gasteiger partial charge in [0.05, 0.1) is 5.92 Å². The molecule has 1 aliphatic carbocycles. The molecular formula is C10H13NO3. The summed E-state index contributed by atoms with van der Waals surface area (Å²) in [5.74, 6) is 1.06. The van der Waals surface area contributed by atoms with Crippen LogP contribution in [-0.2, 0) is 9.63 Å². The first kappa shape index (κ1) is 10.6. The fraction of sp³-hybridized carbons (Fsp3) is 0.600. The molecule has 0 amide bonds. The lowest BCUT2D eigenvalue weighted by atomic mass is 10.1. The quantitative estimate of drug-likeness (QED) is 0.315. The summed E-state index contributed by atoms with van der Waals surface area (Å²) in [6, 6.07) is 0. The lowest BCUT2D eigenvalue weighted by molar-refractivity contribution is -0.139. The fourth-order valence-electron chi connectivity index (χ4n) is 1.61. The van der Waals surface area contributed by atoms with Gasteiger partial charge < -0.3 is 9.94 Å². The maximum atomic E-state index is 10.7. The molecule has 1 fully saturated rings. The summed E-state index contributed by atoms with van der Waals surface area (Å²) in [5.41, 5.74) is -0.227. The number of terminal acetylenes is 1. The number of hydrogen-bond donors (Lipinski definition) is 1. The zero-order valence-corrected chi connectivity index (χ0v) is 8.23. The summed E-state index contributed by atoms with van der Waals surface area (Å²) in [6.07, 6.45) is 6.47. The van der Waals surface area contributed by atoms with Crippen molar-refractivity contribution in [2.45, 2.75) is 13.8 Å². The van der Waals surface area contributed by atoms with Gasteiger partial charge in [-0.05, 0) is 5.41 Å². The Bertz CT molecular complexity index is 301. The van der Waals surface area contributed by atoms with E-state index in [0.29, 0.717) is 0 Å². The fourth-order valence-corrected chi connectivity index (χ4v) is 1.61. The number of carbonyl (C=O) groups is 1. The van der Waals surface area contributed by atoms with E-state index in [1.54, 1.807) is 0 Å². The summed E-state index contributed by atoms with van der Waals surface area (Å²) in [7, 11) is 0. The van der Waals surface area contributed by atoms with Crippen LogP contribution in [0.2, 0.25) is 0 Å². The van der Waals surface area contributed by atoms with Crippen LogP contribution in [-0.4, -0.2) is 23.9 Å². The Morgan fingerprint density at radius 3 is 2.86 bits per heavy atom. The molecule has 0 aromatic heterocycles. The van der Waals surface area contributed by atoms with Gasteiger partial charge in [-0.1, -0.05) is 24.9 Å². The summed E-state index contributed by atoms with van der Waals surface area (Å²) >= 11 is 0. The highest BCUT2D eigenvalue weighted by atomic mass is 16.6. The van der Waals surface area contributed by atoms with Crippen LogP contribution in [0.15, 0.2) is 5.16 Å². The number of oxime groups is 1. The Labute approximate surface area is 82.9 Å². The molecule has 0 spiro atoms. The minimum absolute atomic E-state index is 0.0576. The average molecular weight is 195 g/mol. The Balaban J connectivity index is 2.45. The predicted octanol–water partition coefficient (Wildman–Crippen LogP) is 0.979. The van der Waals surface area contributed by atoms with Crippen molar-refractivity contribution >= 4 is 12.2 Å². The normalized spacial score (nSPS) is 28.4. The molecule has 1 N–H and O–H groups in total. The highest BCUT2D eigenvalue weighted by Gasteiger charge is 2.61. The van der Waals surface area contributed by atoms with E-state index in [9.17, 15) is 4.79 Å². The van der Waals surface area contributed by atoms with Crippen molar-refractivity contribution in [2.75, 3.05) is 6.61 Å². The minimum Gasteiger partial charge on any atom is -0.481 e. The number of hydrogen-bond acceptors (Lipinski definition) is 3. The van der Waals surface area contributed by atoms with Gasteiger partial charge >= 0.3 is 5.97 Å². The average Bonchev–Trinajstić information content (AvgIpc) is 2.62. The van der Waals surface area contributed by atoms with Crippen molar-refractivity contribution in [3.63, 3.8) is 0 Å². The maximum absolute atomic E-state index is 10.7. The third-order valence-corrected chi connectivity index (χ3v) is 2.62. The summed E-state index contributed by atoms with van der Waals surface area (Å²) in [4.78, 5) is 15.4. The van der Waals surface area contributed by atoms with Crippen LogP contribution in [0.25, 0.3) is 0 Å². The topological polar surface area (TPSA) is 58.9 Å². The second-order valence-electron chi connectivity index (χ2n) is 3.90. The molecule has 0 aliphatic heterocycles. The van der Waals surface area contributed by atoms with Crippen LogP contribution in [0.3, 0.4) is 0 Å². The molecule has 14 heavy (non-hydrogen) atoms. The number of carboxylic acid groups (broad SMARTS) is 1. The van der Waals surface area contributed by atoms with Crippen LogP contribution in [0.5, 0.6) is 0 Å². The molecule has 4 nitrogen and oxygen atoms in total. The first-order chi connectivity index (χ1) is 6.51.